The molecule has 4 nitrogen and oxygen atoms in total. The molecule has 11 rings (SSSR count). The summed E-state index contributed by atoms with van der Waals surface area (Å²) in [6, 6.07) is 58.5. The van der Waals surface area contributed by atoms with Gasteiger partial charge in [-0.15, -0.1) is 0 Å². The van der Waals surface area contributed by atoms with Crippen LogP contribution in [0.15, 0.2) is 170 Å². The van der Waals surface area contributed by atoms with Gasteiger partial charge in [0.05, 0.1) is 39.3 Å². The summed E-state index contributed by atoms with van der Waals surface area (Å²) in [6.45, 7) is 0. The minimum atomic E-state index is 0.799. The van der Waals surface area contributed by atoms with E-state index in [0.29, 0.717) is 0 Å². The van der Waals surface area contributed by atoms with E-state index in [0.717, 1.165) is 49.9 Å². The van der Waals surface area contributed by atoms with Gasteiger partial charge < -0.3 is 4.57 Å². The zero-order valence-electron chi connectivity index (χ0n) is 27.0. The normalized spacial score (nSPS) is 12.0. The summed E-state index contributed by atoms with van der Waals surface area (Å²) >= 11 is 0. The van der Waals surface area contributed by atoms with Crippen molar-refractivity contribution >= 4 is 76.2 Å². The quantitative estimate of drug-likeness (QED) is 0.181. The molecule has 11 aromatic rings. The largest absolute Gasteiger partial charge is 0.307 e. The summed E-state index contributed by atoms with van der Waals surface area (Å²) in [4.78, 5) is 10.7. The minimum Gasteiger partial charge on any atom is -0.307 e. The molecular weight excluding hydrogens is 609 g/mol. The van der Waals surface area contributed by atoms with Crippen LogP contribution in [0.4, 0.5) is 0 Å². The van der Waals surface area contributed by atoms with Gasteiger partial charge in [-0.25, -0.2) is 4.98 Å². The average molecular weight is 637 g/mol. The Bertz CT molecular complexity index is 3100. The minimum absolute atomic E-state index is 0.799. The number of hydrogen-bond donors (Lipinski definition) is 0. The molecule has 232 valence electrons. The van der Waals surface area contributed by atoms with Gasteiger partial charge in [0.1, 0.15) is 0 Å². The Kier molecular flexibility index (Phi) is 5.63. The fraction of sp³-hybridized carbons (Fsp3) is 0. The van der Waals surface area contributed by atoms with E-state index in [9.17, 15) is 0 Å². The lowest BCUT2D eigenvalue weighted by Gasteiger charge is -2.14. The van der Waals surface area contributed by atoms with Crippen molar-refractivity contribution in [2.24, 2.45) is 0 Å². The molecule has 0 radical (unpaired) electrons. The topological polar surface area (TPSA) is 35.6 Å². The van der Waals surface area contributed by atoms with E-state index in [1.165, 1.54) is 49.0 Å². The van der Waals surface area contributed by atoms with Crippen molar-refractivity contribution in [1.82, 2.24) is 19.1 Å². The summed E-state index contributed by atoms with van der Waals surface area (Å²) in [5, 5.41) is 9.39. The molecule has 0 unspecified atom stereocenters. The second-order valence-corrected chi connectivity index (χ2v) is 13.0. The van der Waals surface area contributed by atoms with Crippen molar-refractivity contribution in [3.05, 3.63) is 170 Å². The Labute approximate surface area is 287 Å². The lowest BCUT2D eigenvalue weighted by molar-refractivity contribution is 1.07. The van der Waals surface area contributed by atoms with Crippen LogP contribution >= 0.6 is 0 Å². The number of aromatic nitrogens is 4. The number of hydrogen-bond acceptors (Lipinski definition) is 2. The van der Waals surface area contributed by atoms with E-state index in [4.69, 9.17) is 9.97 Å². The standard InChI is InChI=1S/C46H28N4/c1-2-12-29(13-3-1)30-22-24-31(25-23-30)49-40-20-10-8-16-34(40)38-26-27-39-35-17-9-11-21-41(35)50(46(39)45(38)49)42-28-47-43-36-18-6-4-14-32(36)33-15-5-7-19-37(33)44(43)48-42/h1-28H. The Hall–Kier alpha value is -6.78. The van der Waals surface area contributed by atoms with Crippen molar-refractivity contribution in [3.8, 4) is 22.6 Å². The zero-order valence-corrected chi connectivity index (χ0v) is 27.0. The first-order valence-corrected chi connectivity index (χ1v) is 17.0. The molecule has 0 atom stereocenters. The maximum Gasteiger partial charge on any atom is 0.157 e. The fourth-order valence-electron chi connectivity index (χ4n) is 8.16. The molecule has 0 fully saturated rings. The predicted octanol–water partition coefficient (Wildman–Crippen LogP) is 11.8. The highest BCUT2D eigenvalue weighted by atomic mass is 15.1. The van der Waals surface area contributed by atoms with Crippen molar-refractivity contribution in [2.75, 3.05) is 0 Å². The third-order valence-electron chi connectivity index (χ3n) is 10.3. The van der Waals surface area contributed by atoms with Gasteiger partial charge >= 0.3 is 0 Å². The van der Waals surface area contributed by atoms with E-state index < -0.39 is 0 Å². The van der Waals surface area contributed by atoms with Gasteiger partial charge in [-0.2, -0.15) is 0 Å². The summed E-state index contributed by atoms with van der Waals surface area (Å²) < 4.78 is 4.76. The van der Waals surface area contributed by atoms with Crippen LogP contribution in [0.3, 0.4) is 0 Å². The third-order valence-corrected chi connectivity index (χ3v) is 10.3. The molecule has 4 heteroatoms. The molecule has 0 saturated heterocycles. The first-order valence-electron chi connectivity index (χ1n) is 17.0. The van der Waals surface area contributed by atoms with Crippen molar-refractivity contribution in [2.45, 2.75) is 0 Å². The third kappa shape index (κ3) is 3.76. The molecule has 0 amide bonds. The highest BCUT2D eigenvalue weighted by molar-refractivity contribution is 6.25. The van der Waals surface area contributed by atoms with Crippen molar-refractivity contribution in [3.63, 3.8) is 0 Å². The molecule has 0 bridgehead atoms. The monoisotopic (exact) mass is 636 g/mol. The number of benzene rings is 8. The molecule has 0 aliphatic carbocycles. The average Bonchev–Trinajstić information content (AvgIpc) is 3.71. The van der Waals surface area contributed by atoms with Gasteiger partial charge in [-0.3, -0.25) is 9.55 Å². The fourth-order valence-corrected chi connectivity index (χ4v) is 8.16. The van der Waals surface area contributed by atoms with E-state index in [1.54, 1.807) is 0 Å². The lowest BCUT2D eigenvalue weighted by Crippen LogP contribution is -2.02. The highest BCUT2D eigenvalue weighted by Crippen LogP contribution is 2.42. The van der Waals surface area contributed by atoms with Crippen molar-refractivity contribution < 1.29 is 0 Å². The zero-order chi connectivity index (χ0) is 32.8. The number of fused-ring (bicyclic) bond motifs is 13. The second kappa shape index (κ2) is 10.4. The lowest BCUT2D eigenvalue weighted by atomic mass is 10.00. The Morgan fingerprint density at radius 3 is 1.46 bits per heavy atom. The number of nitrogens with zero attached hydrogens (tertiary/aromatic N) is 4. The highest BCUT2D eigenvalue weighted by Gasteiger charge is 2.22. The summed E-state index contributed by atoms with van der Waals surface area (Å²) in [6.07, 6.45) is 1.95. The van der Waals surface area contributed by atoms with E-state index in [-0.39, 0.29) is 0 Å². The molecular formula is C46H28N4. The molecule has 0 saturated carbocycles. The van der Waals surface area contributed by atoms with E-state index in [2.05, 4.69) is 173 Å². The molecule has 0 aliphatic heterocycles. The summed E-state index contributed by atoms with van der Waals surface area (Å²) in [7, 11) is 0. The Morgan fingerprint density at radius 1 is 0.340 bits per heavy atom. The summed E-state index contributed by atoms with van der Waals surface area (Å²) in [5.41, 5.74) is 9.88. The molecule has 0 spiro atoms. The smallest absolute Gasteiger partial charge is 0.157 e. The van der Waals surface area contributed by atoms with Crippen LogP contribution < -0.4 is 0 Å². The number of rotatable bonds is 3. The first-order chi connectivity index (χ1) is 24.8. The van der Waals surface area contributed by atoms with Crippen molar-refractivity contribution in [1.29, 1.82) is 0 Å². The maximum absolute atomic E-state index is 5.50. The molecule has 3 aromatic heterocycles. The molecule has 3 heterocycles. The number of para-hydroxylation sites is 2. The van der Waals surface area contributed by atoms with Crippen LogP contribution in [-0.4, -0.2) is 19.1 Å². The predicted molar refractivity (Wildman–Crippen MR) is 209 cm³/mol. The first kappa shape index (κ1) is 27.2. The van der Waals surface area contributed by atoms with Crippen LogP contribution in [-0.2, 0) is 0 Å². The Balaban J connectivity index is 1.27. The molecule has 0 N–H and O–H groups in total. The Morgan fingerprint density at radius 2 is 0.820 bits per heavy atom. The van der Waals surface area contributed by atoms with Crippen LogP contribution in [0.2, 0.25) is 0 Å². The van der Waals surface area contributed by atoms with E-state index >= 15 is 0 Å². The van der Waals surface area contributed by atoms with Gasteiger partial charge in [0.25, 0.3) is 0 Å². The van der Waals surface area contributed by atoms with Gasteiger partial charge in [-0.1, -0.05) is 140 Å². The molecule has 50 heavy (non-hydrogen) atoms. The second-order valence-electron chi connectivity index (χ2n) is 13.0. The van der Waals surface area contributed by atoms with Crippen LogP contribution in [0.25, 0.3) is 98.8 Å². The maximum atomic E-state index is 5.50. The van der Waals surface area contributed by atoms with Crippen LogP contribution in [0.1, 0.15) is 0 Å². The van der Waals surface area contributed by atoms with Gasteiger partial charge in [0, 0.05) is 38.0 Å². The molecule has 0 aliphatic rings. The van der Waals surface area contributed by atoms with E-state index in [1.807, 2.05) is 6.20 Å². The van der Waals surface area contributed by atoms with Crippen LogP contribution in [0.5, 0.6) is 0 Å². The SMILES string of the molecule is c1ccc(-c2ccc(-n3c4ccccc4c4ccc5c6ccccc6n(-c6cnc7c8ccccc8c8ccccc8c7n6)c5c43)cc2)cc1. The summed E-state index contributed by atoms with van der Waals surface area (Å²) in [5.74, 6) is 0.799. The van der Waals surface area contributed by atoms with Gasteiger partial charge in [-0.05, 0) is 46.2 Å². The van der Waals surface area contributed by atoms with Gasteiger partial charge in [0.15, 0.2) is 5.82 Å². The van der Waals surface area contributed by atoms with Crippen LogP contribution in [0, 0.1) is 0 Å². The molecule has 8 aromatic carbocycles. The van der Waals surface area contributed by atoms with Gasteiger partial charge in [0.2, 0.25) is 0 Å².